The Hall–Kier alpha value is -7.17. The van der Waals surface area contributed by atoms with Gasteiger partial charge < -0.3 is 32.7 Å². The number of carbonyl (C=O) groups is 2. The summed E-state index contributed by atoms with van der Waals surface area (Å²) >= 11 is 0. The van der Waals surface area contributed by atoms with Crippen molar-refractivity contribution in [3.63, 3.8) is 0 Å². The molecule has 0 atom stereocenters. The summed E-state index contributed by atoms with van der Waals surface area (Å²) in [7, 11) is -3.20. The third-order valence-corrected chi connectivity index (χ3v) is 15.0. The van der Waals surface area contributed by atoms with Gasteiger partial charge in [0.15, 0.2) is 17.5 Å². The molecule has 3 aromatic carbocycles. The molecule has 21 heteroatoms. The number of benzene rings is 3. The number of piperidine rings is 2. The molecule has 78 heavy (non-hydrogen) atoms. The Morgan fingerprint density at radius 1 is 0.513 bits per heavy atom. The van der Waals surface area contributed by atoms with Crippen LogP contribution in [-0.2, 0) is 29.7 Å². The molecular formula is C57H74F3N13O4S. The molecule has 0 aliphatic carbocycles. The van der Waals surface area contributed by atoms with Gasteiger partial charge >= 0.3 is 12.1 Å². The van der Waals surface area contributed by atoms with Crippen LogP contribution in [-0.4, -0.2) is 113 Å². The van der Waals surface area contributed by atoms with Gasteiger partial charge in [-0.1, -0.05) is 49.2 Å². The van der Waals surface area contributed by atoms with Gasteiger partial charge in [0.05, 0.1) is 22.8 Å². The predicted molar refractivity (Wildman–Crippen MR) is 305 cm³/mol. The van der Waals surface area contributed by atoms with Gasteiger partial charge in [-0.3, -0.25) is 29.7 Å². The number of nitrogens with one attached hydrogen (secondary N) is 4. The number of urea groups is 2. The number of aromatic nitrogens is 3. The van der Waals surface area contributed by atoms with Gasteiger partial charge in [0.1, 0.15) is 0 Å². The van der Waals surface area contributed by atoms with E-state index >= 15 is 0 Å². The molecule has 4 amide bonds. The highest BCUT2D eigenvalue weighted by molar-refractivity contribution is 7.89. The second-order valence-electron chi connectivity index (χ2n) is 19.4. The van der Waals surface area contributed by atoms with Crippen LogP contribution in [0.2, 0.25) is 0 Å². The van der Waals surface area contributed by atoms with E-state index in [0.29, 0.717) is 68.3 Å². The van der Waals surface area contributed by atoms with Gasteiger partial charge in [-0.25, -0.2) is 31.2 Å². The molecule has 0 bridgehead atoms. The number of likely N-dealkylation sites (tertiary alicyclic amines) is 2. The van der Waals surface area contributed by atoms with Crippen molar-refractivity contribution in [2.75, 3.05) is 90.8 Å². The Kier molecular flexibility index (Phi) is 23.2. The number of hydrogen-bond acceptors (Lipinski definition) is 12. The zero-order chi connectivity index (χ0) is 56.0. The molecular weight excluding hydrogens is 1020 g/mol. The molecule has 0 spiro atoms. The van der Waals surface area contributed by atoms with E-state index in [0.717, 1.165) is 67.4 Å². The summed E-state index contributed by atoms with van der Waals surface area (Å²) in [6.45, 7) is 14.8. The van der Waals surface area contributed by atoms with Gasteiger partial charge in [0.2, 0.25) is 10.0 Å². The average Bonchev–Trinajstić information content (AvgIpc) is 3.42. The number of amides is 4. The first kappa shape index (κ1) is 60.1. The number of halogens is 3. The normalized spacial score (nSPS) is 15.2. The van der Waals surface area contributed by atoms with Gasteiger partial charge in [-0.2, -0.15) is 4.31 Å². The molecule has 0 saturated carbocycles. The lowest BCUT2D eigenvalue weighted by atomic mass is 10.1. The number of nitrogens with two attached hydrogens (primary N) is 2. The number of piperazine rings is 1. The summed E-state index contributed by atoms with van der Waals surface area (Å²) < 4.78 is 68.7. The molecule has 3 aliphatic heterocycles. The first-order valence-corrected chi connectivity index (χ1v) is 28.0. The molecule has 3 aromatic heterocycles. The van der Waals surface area contributed by atoms with Crippen molar-refractivity contribution in [2.45, 2.75) is 85.9 Å². The monoisotopic (exact) mass is 1090 g/mol. The largest absolute Gasteiger partial charge is 0.399 e. The lowest BCUT2D eigenvalue weighted by Gasteiger charge is -2.33. The second-order valence-corrected chi connectivity index (χ2v) is 21.6. The SMILES string of the molecule is CCS(=O)(=O)N1CCN(Cc2cccc(NC(=O)Nc3ccnc(C)c3)c2F)CC1.Cc1cc(N)ccn1.Cc1cc(NC(=O)Nc2cccc(CN3CCCCC3)c2F)ccn1.Nc1cccc(CN2CCCCC2)c1F. The number of nitrogens with zero attached hydrogens (tertiary/aromatic N) is 7. The fourth-order valence-electron chi connectivity index (χ4n) is 9.01. The highest BCUT2D eigenvalue weighted by atomic mass is 32.2. The molecule has 8 N–H and O–H groups in total. The number of pyridine rings is 3. The zero-order valence-corrected chi connectivity index (χ0v) is 45.9. The Morgan fingerprint density at radius 3 is 1.31 bits per heavy atom. The molecule has 3 saturated heterocycles. The summed E-state index contributed by atoms with van der Waals surface area (Å²) in [6.07, 6.45) is 12.2. The topological polar surface area (TPSA) is 220 Å². The summed E-state index contributed by atoms with van der Waals surface area (Å²) in [4.78, 5) is 43.0. The highest BCUT2D eigenvalue weighted by Crippen LogP contribution is 2.24. The summed E-state index contributed by atoms with van der Waals surface area (Å²) in [5.74, 6) is -1.03. The van der Waals surface area contributed by atoms with Crippen molar-refractivity contribution in [3.8, 4) is 0 Å². The molecule has 6 heterocycles. The maximum absolute atomic E-state index is 14.9. The number of carbonyl (C=O) groups excluding carboxylic acids is 2. The van der Waals surface area contributed by atoms with Crippen LogP contribution >= 0.6 is 0 Å². The number of hydrogen-bond donors (Lipinski definition) is 6. The predicted octanol–water partition coefficient (Wildman–Crippen LogP) is 10.2. The quantitative estimate of drug-likeness (QED) is 0.0631. The first-order valence-electron chi connectivity index (χ1n) is 26.4. The first-order chi connectivity index (χ1) is 37.5. The number of anilines is 6. The summed E-state index contributed by atoms with van der Waals surface area (Å²) in [5, 5.41) is 10.5. The number of sulfonamides is 1. The van der Waals surface area contributed by atoms with Crippen LogP contribution in [0.4, 0.5) is 56.9 Å². The Balaban J connectivity index is 0.000000183. The van der Waals surface area contributed by atoms with Crippen LogP contribution in [0.3, 0.4) is 0 Å². The van der Waals surface area contributed by atoms with Crippen molar-refractivity contribution in [3.05, 3.63) is 161 Å². The maximum atomic E-state index is 14.9. The smallest absolute Gasteiger partial charge is 0.323 e. The van der Waals surface area contributed by atoms with E-state index in [-0.39, 0.29) is 34.4 Å². The maximum Gasteiger partial charge on any atom is 0.323 e. The molecule has 9 rings (SSSR count). The molecule has 17 nitrogen and oxygen atoms in total. The molecule has 3 fully saturated rings. The van der Waals surface area contributed by atoms with Crippen LogP contribution in [0, 0.1) is 38.2 Å². The standard InChI is InChI=1S/C20H26FN5O3S.C19H23FN4O.C12H17FN2.C6H8N2/c1-3-30(28,29)26-11-9-25(10-12-26)14-16-5-4-6-18(19(16)21)24-20(27)23-17-7-8-22-15(2)13-17;1-14-12-16(8-9-21-14)22-19(25)23-17-7-5-6-15(18(17)20)13-24-10-3-2-4-11-24;13-12-10(5-4-6-11(12)14)9-15-7-2-1-3-8-15;1-5-4-6(7)2-3-8-5/h4-8,13H,3,9-12,14H2,1-2H3,(H2,22,23,24,27);5-9,12H,2-4,10-11,13H2,1H3,(H2,21,22,23,25);4-6H,1-3,7-9,14H2;2-4H,1H3,(H2,7,8). The lowest BCUT2D eigenvalue weighted by Crippen LogP contribution is -2.48. The number of rotatable bonds is 12. The van der Waals surface area contributed by atoms with Crippen molar-refractivity contribution < 1.29 is 31.2 Å². The number of nitrogen functional groups attached to an aromatic ring is 2. The summed E-state index contributed by atoms with van der Waals surface area (Å²) in [5.41, 5.74) is 17.7. The minimum absolute atomic E-state index is 0.0798. The summed E-state index contributed by atoms with van der Waals surface area (Å²) in [6, 6.07) is 24.6. The van der Waals surface area contributed by atoms with Crippen LogP contribution in [0.5, 0.6) is 0 Å². The van der Waals surface area contributed by atoms with Crippen molar-refractivity contribution in [1.29, 1.82) is 0 Å². The van der Waals surface area contributed by atoms with E-state index in [1.54, 1.807) is 92.2 Å². The third-order valence-electron chi connectivity index (χ3n) is 13.2. The second kappa shape index (κ2) is 30.1. The van der Waals surface area contributed by atoms with E-state index in [1.165, 1.54) is 36.1 Å². The number of aryl methyl sites for hydroxylation is 3. The minimum atomic E-state index is -3.20. The molecule has 0 radical (unpaired) electrons. The van der Waals surface area contributed by atoms with Gasteiger partial charge in [0, 0.05) is 115 Å². The van der Waals surface area contributed by atoms with E-state index in [4.69, 9.17) is 11.5 Å². The average molecular weight is 1090 g/mol. The Bertz CT molecular complexity index is 2990. The van der Waals surface area contributed by atoms with Crippen LogP contribution < -0.4 is 32.7 Å². The molecule has 6 aromatic rings. The fraction of sp³-hybridized carbons (Fsp3) is 0.386. The minimum Gasteiger partial charge on any atom is -0.399 e. The third kappa shape index (κ3) is 19.4. The van der Waals surface area contributed by atoms with Gasteiger partial charge in [-0.15, -0.1) is 0 Å². The highest BCUT2D eigenvalue weighted by Gasteiger charge is 2.26. The van der Waals surface area contributed by atoms with E-state index in [9.17, 15) is 31.2 Å². The lowest BCUT2D eigenvalue weighted by molar-refractivity contribution is 0.180. The van der Waals surface area contributed by atoms with Gasteiger partial charge in [0.25, 0.3) is 0 Å². The Morgan fingerprint density at radius 2 is 0.910 bits per heavy atom. The van der Waals surface area contributed by atoms with Crippen molar-refractivity contribution in [1.82, 2.24) is 34.0 Å². The van der Waals surface area contributed by atoms with Crippen molar-refractivity contribution in [2.24, 2.45) is 0 Å². The van der Waals surface area contributed by atoms with Crippen LogP contribution in [0.25, 0.3) is 0 Å². The van der Waals surface area contributed by atoms with E-state index < -0.39 is 27.9 Å². The van der Waals surface area contributed by atoms with Crippen LogP contribution in [0.1, 0.15) is 79.2 Å². The van der Waals surface area contributed by atoms with Crippen molar-refractivity contribution >= 4 is 56.2 Å². The molecule has 418 valence electrons. The van der Waals surface area contributed by atoms with E-state index in [1.807, 2.05) is 43.9 Å². The molecule has 3 aliphatic rings. The van der Waals surface area contributed by atoms with Gasteiger partial charge in [-0.05, 0) is 134 Å². The zero-order valence-electron chi connectivity index (χ0n) is 45.1. The van der Waals surface area contributed by atoms with E-state index in [2.05, 4.69) is 46.0 Å². The molecule has 0 unspecified atom stereocenters. The Labute approximate surface area is 457 Å². The fourth-order valence-corrected chi connectivity index (χ4v) is 10.1. The van der Waals surface area contributed by atoms with Crippen LogP contribution in [0.15, 0.2) is 110 Å².